The van der Waals surface area contributed by atoms with Crippen molar-refractivity contribution in [2.75, 3.05) is 105 Å². The van der Waals surface area contributed by atoms with Gasteiger partial charge in [-0.15, -0.1) is 0 Å². The van der Waals surface area contributed by atoms with Crippen LogP contribution in [0.1, 0.15) is 106 Å². The van der Waals surface area contributed by atoms with E-state index in [2.05, 4.69) is 44.2 Å². The van der Waals surface area contributed by atoms with Crippen LogP contribution in [0.15, 0.2) is 36.4 Å². The summed E-state index contributed by atoms with van der Waals surface area (Å²) in [6, 6.07) is 11.2. The zero-order valence-electron chi connectivity index (χ0n) is 39.3. The second kappa shape index (κ2) is 24.1. The number of nitrogens with two attached hydrogens (primary N) is 4. The second-order valence-corrected chi connectivity index (χ2v) is 18.1. The zero-order chi connectivity index (χ0) is 46.4. The van der Waals surface area contributed by atoms with Crippen LogP contribution in [-0.4, -0.2) is 138 Å². The number of carbonyl (C=O) groups excluding carboxylic acids is 4. The summed E-state index contributed by atoms with van der Waals surface area (Å²) in [5, 5.41) is 15.0. The minimum absolute atomic E-state index is 0.306. The predicted molar refractivity (Wildman–Crippen MR) is 253 cm³/mol. The Labute approximate surface area is 387 Å². The van der Waals surface area contributed by atoms with Crippen molar-refractivity contribution >= 4 is 66.7 Å². The Kier molecular flexibility index (Phi) is 17.9. The maximum atomic E-state index is 14.6. The number of ether oxygens (including phenoxy) is 2. The van der Waals surface area contributed by atoms with Crippen molar-refractivity contribution in [2.45, 2.75) is 64.2 Å². The van der Waals surface area contributed by atoms with Gasteiger partial charge >= 0.3 is 0 Å². The lowest BCUT2D eigenvalue weighted by molar-refractivity contribution is -0.665. The average Bonchev–Trinajstić information content (AvgIpc) is 3.32. The fourth-order valence-corrected chi connectivity index (χ4v) is 9.79. The van der Waals surface area contributed by atoms with Crippen molar-refractivity contribution in [2.24, 2.45) is 0 Å². The van der Waals surface area contributed by atoms with Crippen molar-refractivity contribution in [3.05, 3.63) is 58.7 Å². The molecule has 2 heterocycles. The van der Waals surface area contributed by atoms with Gasteiger partial charge in [-0.1, -0.05) is 12.1 Å². The molecule has 0 fully saturated rings. The molecule has 0 saturated carbocycles. The van der Waals surface area contributed by atoms with Crippen molar-refractivity contribution in [3.63, 3.8) is 0 Å². The van der Waals surface area contributed by atoms with E-state index in [1.807, 2.05) is 24.3 Å². The highest BCUT2D eigenvalue weighted by molar-refractivity contribution is 6.43. The number of hydrogen-bond donors (Lipinski definition) is 8. The van der Waals surface area contributed by atoms with Crippen LogP contribution >= 0.6 is 0 Å². The van der Waals surface area contributed by atoms with Crippen LogP contribution in [0.4, 0.5) is 0 Å². The minimum Gasteiger partial charge on any atom is -0.493 e. The largest absolute Gasteiger partial charge is 0.493 e. The molecule has 0 spiro atoms. The van der Waals surface area contributed by atoms with Gasteiger partial charge in [0.15, 0.2) is 0 Å². The molecule has 0 aromatic heterocycles. The molecule has 0 radical (unpaired) electrons. The summed E-state index contributed by atoms with van der Waals surface area (Å²) in [6.07, 6.45) is 9.66. The van der Waals surface area contributed by atoms with E-state index in [0.29, 0.717) is 110 Å². The Bertz CT molecular complexity index is 2310. The van der Waals surface area contributed by atoms with Gasteiger partial charge in [-0.05, 0) is 35.0 Å². The fourth-order valence-electron chi connectivity index (χ4n) is 9.79. The first-order chi connectivity index (χ1) is 32.4. The van der Waals surface area contributed by atoms with Crippen molar-refractivity contribution in [1.29, 1.82) is 0 Å². The van der Waals surface area contributed by atoms with Gasteiger partial charge in [0.25, 0.3) is 23.6 Å². The molecule has 0 atom stereocenters. The Morgan fingerprint density at radius 2 is 0.712 bits per heavy atom. The molecule has 7 rings (SSSR count). The van der Waals surface area contributed by atoms with Crippen LogP contribution < -0.4 is 53.7 Å². The molecular weight excluding hydrogens is 837 g/mol. The highest BCUT2D eigenvalue weighted by atomic mass is 16.5. The lowest BCUT2D eigenvalue weighted by Crippen LogP contribution is -2.86. The lowest BCUT2D eigenvalue weighted by Gasteiger charge is -2.31. The van der Waals surface area contributed by atoms with Gasteiger partial charge in [0.1, 0.15) is 11.5 Å². The fraction of sp³-hybridized carbons (Fsp3) is 0.520. The average molecular weight is 915 g/mol. The maximum absolute atomic E-state index is 14.6. The third-order valence-corrected chi connectivity index (χ3v) is 13.3. The number of carbonyl (C=O) groups is 4. The summed E-state index contributed by atoms with van der Waals surface area (Å²) in [5.41, 5.74) is 17.7. The molecule has 0 saturated heterocycles. The molecule has 5 aromatic carbocycles. The molecule has 2 aliphatic heterocycles. The number of quaternary nitrogens is 8. The number of fused-ring (bicyclic) bond motifs is 2. The predicted octanol–water partition coefficient (Wildman–Crippen LogP) is -3.19. The van der Waals surface area contributed by atoms with Gasteiger partial charge in [0.05, 0.1) is 103 Å². The lowest BCUT2D eigenvalue weighted by atomic mass is 9.81. The van der Waals surface area contributed by atoms with E-state index in [9.17, 15) is 19.2 Å². The molecule has 16 heteroatoms. The first-order valence-corrected chi connectivity index (χ1v) is 25.1. The number of nitrogens with zero attached hydrogens (tertiary/aromatic N) is 2. The number of rotatable bonds is 32. The Balaban J connectivity index is 1.20. The third kappa shape index (κ3) is 10.6. The molecule has 356 valence electrons. The van der Waals surface area contributed by atoms with Gasteiger partial charge in [0, 0.05) is 121 Å². The number of imide groups is 2. The molecule has 16 nitrogen and oxygen atoms in total. The van der Waals surface area contributed by atoms with Gasteiger partial charge in [0.2, 0.25) is 0 Å². The summed E-state index contributed by atoms with van der Waals surface area (Å²) in [5.74, 6) is -0.230. The molecule has 20 N–H and O–H groups in total. The molecule has 66 heavy (non-hydrogen) atoms. The number of amides is 4. The highest BCUT2D eigenvalue weighted by Crippen LogP contribution is 2.51. The first-order valence-electron chi connectivity index (χ1n) is 25.1. The van der Waals surface area contributed by atoms with E-state index in [1.165, 1.54) is 9.80 Å². The van der Waals surface area contributed by atoms with E-state index >= 15 is 0 Å². The van der Waals surface area contributed by atoms with Crippen LogP contribution in [0.2, 0.25) is 0 Å². The van der Waals surface area contributed by atoms with Gasteiger partial charge in [-0.25, -0.2) is 0 Å². The van der Waals surface area contributed by atoms with Gasteiger partial charge in [-0.3, -0.25) is 29.0 Å². The van der Waals surface area contributed by atoms with E-state index in [-0.39, 0.29) is 23.6 Å². The van der Waals surface area contributed by atoms with E-state index < -0.39 is 0 Å². The number of benzene rings is 5. The van der Waals surface area contributed by atoms with Crippen molar-refractivity contribution < 1.29 is 72.9 Å². The second-order valence-electron chi connectivity index (χ2n) is 18.1. The summed E-state index contributed by atoms with van der Waals surface area (Å²) >= 11 is 0. The standard InChI is InChI=1S/C50H70N10O6/c51-15-5-23-55-19-1-3-21-57-25-9-27-59-47(61)35-13-11-33-44-40(66-30-8-18-54)32-38-42-36(48(62)60(50(38)64)28-10-26-58-22-4-2-20-56-24-6-16-52)14-12-34(46(42)44)43-39(65-29-7-17-53)31-37(49(59)63)41(35)45(33)43/h11-14,31-32,55-58H,1-10,15-30,51-54H2/p+8. The van der Waals surface area contributed by atoms with Gasteiger partial charge in [-0.2, -0.15) is 0 Å². The molecule has 0 aliphatic carbocycles. The Morgan fingerprint density at radius 1 is 0.379 bits per heavy atom. The summed E-state index contributed by atoms with van der Waals surface area (Å²) in [6.45, 7) is 12.9. The van der Waals surface area contributed by atoms with Crippen molar-refractivity contribution in [1.82, 2.24) is 9.80 Å². The smallest absolute Gasteiger partial charge is 0.261 e. The molecular formula is C50H78N10O6+8. The number of hydrogen-bond acceptors (Lipinski definition) is 6. The highest BCUT2D eigenvalue weighted by Gasteiger charge is 2.39. The summed E-state index contributed by atoms with van der Waals surface area (Å²) < 4.78 is 13.2. The minimum atomic E-state index is -0.331. The van der Waals surface area contributed by atoms with Crippen LogP contribution in [-0.2, 0) is 0 Å². The topological polar surface area (TPSA) is 270 Å². The zero-order valence-corrected chi connectivity index (χ0v) is 39.3. The summed E-state index contributed by atoms with van der Waals surface area (Å²) in [7, 11) is 0. The van der Waals surface area contributed by atoms with Crippen LogP contribution in [0.5, 0.6) is 11.5 Å². The molecule has 0 unspecified atom stereocenters. The molecule has 5 aromatic rings. The van der Waals surface area contributed by atoms with E-state index in [1.54, 1.807) is 12.1 Å². The third-order valence-electron chi connectivity index (χ3n) is 13.3. The van der Waals surface area contributed by atoms with Crippen LogP contribution in [0, 0.1) is 0 Å². The van der Waals surface area contributed by atoms with Crippen LogP contribution in [0.25, 0.3) is 43.1 Å². The maximum Gasteiger partial charge on any atom is 0.261 e. The Morgan fingerprint density at radius 3 is 1.08 bits per heavy atom. The number of unbranched alkanes of at least 4 members (excludes halogenated alkanes) is 2. The van der Waals surface area contributed by atoms with E-state index in [0.717, 1.165) is 136 Å². The summed E-state index contributed by atoms with van der Waals surface area (Å²) in [4.78, 5) is 60.7. The van der Waals surface area contributed by atoms with E-state index in [4.69, 9.17) is 9.47 Å². The first kappa shape index (κ1) is 48.9. The SMILES string of the molecule is [NH3+]CCC[NH2+]CCCC[NH2+]CCCN1C(=O)c2ccc3c4c(OCCC[NH3+])cc5c6c(ccc(c7c(OCCC[NH3+])cc(c2c37)C1=O)c64)C(=O)N(CCC[NH2+]CCCC[NH2+]CCC[NH3+])C5=O. The molecule has 0 bridgehead atoms. The van der Waals surface area contributed by atoms with Crippen molar-refractivity contribution in [3.8, 4) is 11.5 Å². The molecule has 2 aliphatic rings. The monoisotopic (exact) mass is 915 g/mol. The normalized spacial score (nSPS) is 13.8. The molecule has 4 amide bonds. The Hall–Kier alpha value is -5.04. The quantitative estimate of drug-likeness (QED) is 0.00953. The van der Waals surface area contributed by atoms with Gasteiger partial charge < -0.3 is 53.7 Å². The van der Waals surface area contributed by atoms with Crippen LogP contribution in [0.3, 0.4) is 0 Å².